The maximum absolute atomic E-state index is 12.9. The first kappa shape index (κ1) is 16.4. The van der Waals surface area contributed by atoms with Crippen molar-refractivity contribution in [3.05, 3.63) is 15.6 Å². The van der Waals surface area contributed by atoms with E-state index in [0.717, 1.165) is 17.8 Å². The van der Waals surface area contributed by atoms with E-state index in [1.54, 1.807) is 13.8 Å². The van der Waals surface area contributed by atoms with Gasteiger partial charge in [0.05, 0.1) is 4.88 Å². The normalized spacial score (nSPS) is 13.0. The van der Waals surface area contributed by atoms with Crippen molar-refractivity contribution in [2.45, 2.75) is 45.5 Å². The number of hydrogen-bond acceptors (Lipinski definition) is 4. The fraction of sp³-hybridized carbons (Fsp3) is 0.750. The molecule has 0 aliphatic carbocycles. The van der Waals surface area contributed by atoms with Crippen LogP contribution < -0.4 is 5.32 Å². The number of nitrogens with one attached hydrogen (secondary N) is 1. The second kappa shape index (κ2) is 6.19. The minimum Gasteiger partial charge on any atom is -0.372 e. The van der Waals surface area contributed by atoms with Gasteiger partial charge >= 0.3 is 6.18 Å². The molecule has 1 N–H and O–H groups in total. The van der Waals surface area contributed by atoms with Crippen molar-refractivity contribution in [1.29, 1.82) is 0 Å². The fourth-order valence-corrected chi connectivity index (χ4v) is 2.55. The number of nitrogens with zero attached hydrogens (tertiary/aromatic N) is 1. The summed E-state index contributed by atoms with van der Waals surface area (Å²) in [6.45, 7) is 6.23. The van der Waals surface area contributed by atoms with Crippen LogP contribution >= 0.6 is 11.3 Å². The van der Waals surface area contributed by atoms with Crippen LogP contribution in [0.15, 0.2) is 0 Å². The van der Waals surface area contributed by atoms with Crippen LogP contribution in [0.5, 0.6) is 0 Å². The minimum absolute atomic E-state index is 0.181. The predicted molar refractivity (Wildman–Crippen MR) is 69.1 cm³/mol. The van der Waals surface area contributed by atoms with Crippen molar-refractivity contribution in [1.82, 2.24) is 10.3 Å². The Morgan fingerprint density at radius 2 is 1.95 bits per heavy atom. The van der Waals surface area contributed by atoms with E-state index in [9.17, 15) is 13.2 Å². The molecule has 19 heavy (non-hydrogen) atoms. The average Bonchev–Trinajstić information content (AvgIpc) is 2.74. The van der Waals surface area contributed by atoms with Gasteiger partial charge in [-0.3, -0.25) is 0 Å². The summed E-state index contributed by atoms with van der Waals surface area (Å²) in [6.07, 6.45) is -3.56. The van der Waals surface area contributed by atoms with E-state index in [0.29, 0.717) is 11.6 Å². The van der Waals surface area contributed by atoms with Gasteiger partial charge in [0.25, 0.3) is 0 Å². The molecule has 0 atom stereocenters. The highest BCUT2D eigenvalue weighted by Gasteiger charge is 2.39. The lowest BCUT2D eigenvalue weighted by atomic mass is 10.1. The molecule has 0 amide bonds. The van der Waals surface area contributed by atoms with Crippen LogP contribution in [0.2, 0.25) is 0 Å². The van der Waals surface area contributed by atoms with E-state index in [1.165, 1.54) is 7.11 Å². The van der Waals surface area contributed by atoms with Gasteiger partial charge in [-0.1, -0.05) is 6.92 Å². The highest BCUT2D eigenvalue weighted by Crippen LogP contribution is 2.38. The summed E-state index contributed by atoms with van der Waals surface area (Å²) in [7, 11) is 1.46. The molecule has 0 radical (unpaired) electrons. The molecule has 110 valence electrons. The first-order valence-electron chi connectivity index (χ1n) is 6.05. The zero-order chi connectivity index (χ0) is 14.7. The van der Waals surface area contributed by atoms with Gasteiger partial charge in [0.2, 0.25) is 0 Å². The van der Waals surface area contributed by atoms with Crippen molar-refractivity contribution >= 4 is 11.3 Å². The average molecular weight is 296 g/mol. The van der Waals surface area contributed by atoms with Crippen molar-refractivity contribution in [3.8, 4) is 0 Å². The number of rotatable bonds is 6. The molecule has 0 unspecified atom stereocenters. The lowest BCUT2D eigenvalue weighted by Crippen LogP contribution is -2.20. The highest BCUT2D eigenvalue weighted by atomic mass is 32.1. The van der Waals surface area contributed by atoms with E-state index in [2.05, 4.69) is 10.3 Å². The molecule has 0 spiro atoms. The zero-order valence-corrected chi connectivity index (χ0v) is 12.3. The van der Waals surface area contributed by atoms with Crippen molar-refractivity contribution in [2.75, 3.05) is 13.7 Å². The standard InChI is InChI=1S/C12H19F3N2OS/c1-5-6-16-7-8-9(12(13,14)15)17-10(19-8)11(2,3)18-4/h16H,5-7H2,1-4H3. The molecule has 0 fully saturated rings. The number of hydrogen-bond donors (Lipinski definition) is 1. The predicted octanol–water partition coefficient (Wildman–Crippen LogP) is 3.54. The van der Waals surface area contributed by atoms with E-state index in [4.69, 9.17) is 4.74 Å². The van der Waals surface area contributed by atoms with Gasteiger partial charge in [-0.25, -0.2) is 4.98 Å². The van der Waals surface area contributed by atoms with Crippen LogP contribution in [0.3, 0.4) is 0 Å². The number of halogens is 3. The maximum atomic E-state index is 12.9. The van der Waals surface area contributed by atoms with Crippen LogP contribution in [0.4, 0.5) is 13.2 Å². The SMILES string of the molecule is CCCNCc1sc(C(C)(C)OC)nc1C(F)(F)F. The Morgan fingerprint density at radius 3 is 2.42 bits per heavy atom. The molecular weight excluding hydrogens is 277 g/mol. The summed E-state index contributed by atoms with van der Waals surface area (Å²) in [5, 5.41) is 3.32. The Hall–Kier alpha value is -0.660. The van der Waals surface area contributed by atoms with Gasteiger partial charge < -0.3 is 10.1 Å². The molecule has 1 aromatic heterocycles. The van der Waals surface area contributed by atoms with Crippen LogP contribution in [-0.2, 0) is 23.1 Å². The van der Waals surface area contributed by atoms with Gasteiger partial charge in [0.15, 0.2) is 5.69 Å². The lowest BCUT2D eigenvalue weighted by molar-refractivity contribution is -0.141. The van der Waals surface area contributed by atoms with Crippen LogP contribution in [0, 0.1) is 0 Å². The monoisotopic (exact) mass is 296 g/mol. The third kappa shape index (κ3) is 4.15. The van der Waals surface area contributed by atoms with Crippen LogP contribution in [-0.4, -0.2) is 18.6 Å². The van der Waals surface area contributed by atoms with E-state index < -0.39 is 17.5 Å². The largest absolute Gasteiger partial charge is 0.434 e. The molecule has 0 saturated heterocycles. The van der Waals surface area contributed by atoms with Crippen molar-refractivity contribution in [2.24, 2.45) is 0 Å². The van der Waals surface area contributed by atoms with E-state index >= 15 is 0 Å². The number of alkyl halides is 3. The van der Waals surface area contributed by atoms with E-state index in [-0.39, 0.29) is 11.4 Å². The second-order valence-electron chi connectivity index (χ2n) is 4.68. The van der Waals surface area contributed by atoms with Gasteiger partial charge in [-0.15, -0.1) is 11.3 Å². The molecule has 3 nitrogen and oxygen atoms in total. The molecule has 0 aromatic carbocycles. The Kier molecular flexibility index (Phi) is 5.34. The Bertz CT molecular complexity index is 416. The molecule has 0 aliphatic rings. The summed E-state index contributed by atoms with van der Waals surface area (Å²) in [6, 6.07) is 0. The Morgan fingerprint density at radius 1 is 1.32 bits per heavy atom. The maximum Gasteiger partial charge on any atom is 0.434 e. The van der Waals surface area contributed by atoms with Crippen molar-refractivity contribution < 1.29 is 17.9 Å². The molecule has 1 rings (SSSR count). The number of ether oxygens (including phenoxy) is 1. The van der Waals surface area contributed by atoms with E-state index in [1.807, 2.05) is 6.92 Å². The summed E-state index contributed by atoms with van der Waals surface area (Å²) in [5.41, 5.74) is -1.62. The molecule has 0 saturated carbocycles. The Labute approximate surface area is 115 Å². The summed E-state index contributed by atoms with van der Waals surface area (Å²) < 4.78 is 44.0. The molecule has 7 heteroatoms. The third-order valence-electron chi connectivity index (χ3n) is 2.70. The lowest BCUT2D eigenvalue weighted by Gasteiger charge is -2.19. The van der Waals surface area contributed by atoms with Gasteiger partial charge in [0, 0.05) is 13.7 Å². The Balaban J connectivity index is 3.06. The topological polar surface area (TPSA) is 34.1 Å². The summed E-state index contributed by atoms with van der Waals surface area (Å²) in [5.74, 6) is 0. The fourth-order valence-electron chi connectivity index (χ4n) is 1.42. The molecular formula is C12H19F3N2OS. The molecule has 0 bridgehead atoms. The molecule has 1 aromatic rings. The third-order valence-corrected chi connectivity index (χ3v) is 4.06. The van der Waals surface area contributed by atoms with Gasteiger partial charge in [0.1, 0.15) is 10.6 Å². The van der Waals surface area contributed by atoms with Crippen LogP contribution in [0.25, 0.3) is 0 Å². The first-order chi connectivity index (χ1) is 8.72. The highest BCUT2D eigenvalue weighted by molar-refractivity contribution is 7.11. The zero-order valence-electron chi connectivity index (χ0n) is 11.5. The van der Waals surface area contributed by atoms with Gasteiger partial charge in [-0.05, 0) is 26.8 Å². The van der Waals surface area contributed by atoms with Gasteiger partial charge in [-0.2, -0.15) is 13.2 Å². The minimum atomic E-state index is -4.43. The summed E-state index contributed by atoms with van der Waals surface area (Å²) in [4.78, 5) is 3.94. The first-order valence-corrected chi connectivity index (χ1v) is 6.87. The number of methoxy groups -OCH3 is 1. The number of thiazole rings is 1. The second-order valence-corrected chi connectivity index (χ2v) is 5.76. The molecule has 1 heterocycles. The smallest absolute Gasteiger partial charge is 0.372 e. The summed E-state index contributed by atoms with van der Waals surface area (Å²) >= 11 is 1.05. The van der Waals surface area contributed by atoms with Crippen molar-refractivity contribution in [3.63, 3.8) is 0 Å². The number of aromatic nitrogens is 1. The molecule has 0 aliphatic heterocycles. The quantitative estimate of drug-likeness (QED) is 0.815. The van der Waals surface area contributed by atoms with Crippen LogP contribution in [0.1, 0.15) is 42.8 Å².